The number of hydrazone groups is 1. The molecule has 0 saturated carbocycles. The summed E-state index contributed by atoms with van der Waals surface area (Å²) in [6.45, 7) is 1.83. The second-order valence-corrected chi connectivity index (χ2v) is 2.32. The third-order valence-corrected chi connectivity index (χ3v) is 1.30. The number of nitrogens with zero attached hydrogens (tertiary/aromatic N) is 1. The SMILES string of the molecule is C/C=C(Br)\C=N\NC(N)=O. The molecule has 0 aliphatic rings. The van der Waals surface area contributed by atoms with E-state index >= 15 is 0 Å². The van der Waals surface area contributed by atoms with Gasteiger partial charge >= 0.3 is 6.03 Å². The predicted molar refractivity (Wildman–Crippen MR) is 43.9 cm³/mol. The standard InChI is InChI=1S/C5H8BrN3O/c1-2-4(6)3-8-9-5(7)10/h2-3H,1H3,(H3,7,9,10)/b4-2+,8-3+. The van der Waals surface area contributed by atoms with Gasteiger partial charge in [-0.1, -0.05) is 6.08 Å². The number of carbonyl (C=O) groups is 1. The zero-order valence-electron chi connectivity index (χ0n) is 5.47. The van der Waals surface area contributed by atoms with E-state index in [0.717, 1.165) is 4.48 Å². The molecule has 0 aromatic heterocycles. The quantitative estimate of drug-likeness (QED) is 0.512. The van der Waals surface area contributed by atoms with E-state index in [9.17, 15) is 4.79 Å². The second-order valence-electron chi connectivity index (χ2n) is 1.41. The number of nitrogens with one attached hydrogen (secondary N) is 1. The summed E-state index contributed by atoms with van der Waals surface area (Å²) in [5, 5.41) is 3.48. The van der Waals surface area contributed by atoms with E-state index in [0.29, 0.717) is 0 Å². The number of halogens is 1. The fraction of sp³-hybridized carbons (Fsp3) is 0.200. The molecule has 0 aliphatic heterocycles. The molecule has 3 N–H and O–H groups in total. The van der Waals surface area contributed by atoms with Crippen LogP contribution >= 0.6 is 15.9 Å². The van der Waals surface area contributed by atoms with E-state index in [1.807, 2.05) is 12.3 Å². The van der Waals surface area contributed by atoms with Crippen molar-refractivity contribution in [2.75, 3.05) is 0 Å². The van der Waals surface area contributed by atoms with Gasteiger partial charge in [0.15, 0.2) is 0 Å². The second kappa shape index (κ2) is 4.99. The van der Waals surface area contributed by atoms with Crippen LogP contribution < -0.4 is 11.2 Å². The zero-order valence-corrected chi connectivity index (χ0v) is 7.05. The number of rotatable bonds is 2. The van der Waals surface area contributed by atoms with Crippen molar-refractivity contribution in [2.45, 2.75) is 6.92 Å². The lowest BCUT2D eigenvalue weighted by Crippen LogP contribution is -2.24. The van der Waals surface area contributed by atoms with Crippen LogP contribution in [0.15, 0.2) is 15.7 Å². The number of urea groups is 1. The number of hydrogen-bond donors (Lipinski definition) is 2. The maximum absolute atomic E-state index is 10.0. The fourth-order valence-electron chi connectivity index (χ4n) is 0.232. The normalized spacial score (nSPS) is 12.0. The molecule has 5 heteroatoms. The Kier molecular flexibility index (Phi) is 4.57. The van der Waals surface area contributed by atoms with E-state index in [-0.39, 0.29) is 0 Å². The van der Waals surface area contributed by atoms with Gasteiger partial charge in [0.25, 0.3) is 0 Å². The molecule has 0 aromatic rings. The van der Waals surface area contributed by atoms with Crippen molar-refractivity contribution in [1.82, 2.24) is 5.43 Å². The Bertz CT molecular complexity index is 176. The highest BCUT2D eigenvalue weighted by Crippen LogP contribution is 1.98. The molecule has 0 aliphatic carbocycles. The Balaban J connectivity index is 3.67. The first-order valence-electron chi connectivity index (χ1n) is 2.57. The molecule has 0 radical (unpaired) electrons. The predicted octanol–water partition coefficient (Wildman–Crippen LogP) is 0.939. The van der Waals surface area contributed by atoms with Gasteiger partial charge in [0.05, 0.1) is 6.21 Å². The first-order chi connectivity index (χ1) is 4.66. The summed E-state index contributed by atoms with van der Waals surface area (Å²) in [6, 6.07) is -0.673. The van der Waals surface area contributed by atoms with Gasteiger partial charge in [-0.05, 0) is 22.9 Å². The van der Waals surface area contributed by atoms with E-state index in [1.165, 1.54) is 6.21 Å². The summed E-state index contributed by atoms with van der Waals surface area (Å²) in [7, 11) is 0. The van der Waals surface area contributed by atoms with Crippen LogP contribution in [0.5, 0.6) is 0 Å². The zero-order chi connectivity index (χ0) is 7.98. The Morgan fingerprint density at radius 1 is 1.80 bits per heavy atom. The monoisotopic (exact) mass is 205 g/mol. The Morgan fingerprint density at radius 2 is 2.40 bits per heavy atom. The van der Waals surface area contributed by atoms with Gasteiger partial charge in [0, 0.05) is 4.48 Å². The largest absolute Gasteiger partial charge is 0.350 e. The highest BCUT2D eigenvalue weighted by Gasteiger charge is 1.83. The van der Waals surface area contributed by atoms with E-state index in [2.05, 4.69) is 21.0 Å². The molecule has 0 rings (SSSR count). The number of hydrogen-bond acceptors (Lipinski definition) is 2. The van der Waals surface area contributed by atoms with Crippen molar-refractivity contribution in [3.63, 3.8) is 0 Å². The number of allylic oxidation sites excluding steroid dienone is 2. The minimum atomic E-state index is -0.673. The van der Waals surface area contributed by atoms with Crippen molar-refractivity contribution in [3.8, 4) is 0 Å². The summed E-state index contributed by atoms with van der Waals surface area (Å²) in [4.78, 5) is 10.0. The maximum atomic E-state index is 10.0. The van der Waals surface area contributed by atoms with Gasteiger partial charge in [-0.15, -0.1) is 0 Å². The number of primary amides is 1. The summed E-state index contributed by atoms with van der Waals surface area (Å²) < 4.78 is 0.779. The highest BCUT2D eigenvalue weighted by atomic mass is 79.9. The number of amides is 2. The van der Waals surface area contributed by atoms with Crippen molar-refractivity contribution >= 4 is 28.2 Å². The molecule has 0 heterocycles. The lowest BCUT2D eigenvalue weighted by molar-refractivity contribution is 0.249. The van der Waals surface area contributed by atoms with Crippen LogP contribution in [0.25, 0.3) is 0 Å². The molecule has 0 spiro atoms. The van der Waals surface area contributed by atoms with E-state index in [1.54, 1.807) is 6.08 Å². The van der Waals surface area contributed by atoms with Crippen LogP contribution in [-0.4, -0.2) is 12.2 Å². The van der Waals surface area contributed by atoms with E-state index < -0.39 is 6.03 Å². The van der Waals surface area contributed by atoms with E-state index in [4.69, 9.17) is 5.73 Å². The lowest BCUT2D eigenvalue weighted by atomic mass is 10.6. The summed E-state index contributed by atoms with van der Waals surface area (Å²) in [6.07, 6.45) is 3.22. The molecule has 56 valence electrons. The maximum Gasteiger partial charge on any atom is 0.332 e. The molecule has 0 fully saturated rings. The molecule has 10 heavy (non-hydrogen) atoms. The smallest absolute Gasteiger partial charge is 0.332 e. The Hall–Kier alpha value is -0.840. The third kappa shape index (κ3) is 5.30. The molecule has 0 aromatic carbocycles. The Morgan fingerprint density at radius 3 is 2.80 bits per heavy atom. The average Bonchev–Trinajstić information content (AvgIpc) is 1.87. The molecule has 4 nitrogen and oxygen atoms in total. The van der Waals surface area contributed by atoms with Crippen LogP contribution in [-0.2, 0) is 0 Å². The molecule has 2 amide bonds. The van der Waals surface area contributed by atoms with Crippen molar-refractivity contribution < 1.29 is 4.79 Å². The van der Waals surface area contributed by atoms with Crippen molar-refractivity contribution in [3.05, 3.63) is 10.6 Å². The number of carbonyl (C=O) groups excluding carboxylic acids is 1. The van der Waals surface area contributed by atoms with Crippen molar-refractivity contribution in [2.24, 2.45) is 10.8 Å². The molecular formula is C5H8BrN3O. The summed E-state index contributed by atoms with van der Waals surface area (Å²) in [5.41, 5.74) is 6.77. The lowest BCUT2D eigenvalue weighted by Gasteiger charge is -1.88. The topological polar surface area (TPSA) is 67.5 Å². The van der Waals surface area contributed by atoms with Gasteiger partial charge < -0.3 is 5.73 Å². The first-order valence-corrected chi connectivity index (χ1v) is 3.36. The third-order valence-electron chi connectivity index (χ3n) is 0.638. The summed E-state index contributed by atoms with van der Waals surface area (Å²) in [5.74, 6) is 0. The van der Waals surface area contributed by atoms with Gasteiger partial charge in [0.2, 0.25) is 0 Å². The van der Waals surface area contributed by atoms with Crippen LogP contribution in [0.2, 0.25) is 0 Å². The fourth-order valence-corrected chi connectivity index (χ4v) is 0.334. The first kappa shape index (κ1) is 9.16. The molecule has 0 unspecified atom stereocenters. The molecule has 0 atom stereocenters. The molecular weight excluding hydrogens is 198 g/mol. The molecule has 0 saturated heterocycles. The highest BCUT2D eigenvalue weighted by molar-refractivity contribution is 9.12. The minimum Gasteiger partial charge on any atom is -0.350 e. The summed E-state index contributed by atoms with van der Waals surface area (Å²) >= 11 is 3.15. The van der Waals surface area contributed by atoms with Gasteiger partial charge in [0.1, 0.15) is 0 Å². The Labute approximate surface area is 67.3 Å². The number of nitrogens with two attached hydrogens (primary N) is 1. The van der Waals surface area contributed by atoms with Crippen LogP contribution in [0.1, 0.15) is 6.92 Å². The average molecular weight is 206 g/mol. The van der Waals surface area contributed by atoms with Gasteiger partial charge in [-0.2, -0.15) is 5.10 Å². The van der Waals surface area contributed by atoms with Gasteiger partial charge in [-0.3, -0.25) is 0 Å². The van der Waals surface area contributed by atoms with Gasteiger partial charge in [-0.25, -0.2) is 10.2 Å². The minimum absolute atomic E-state index is 0.673. The van der Waals surface area contributed by atoms with Crippen LogP contribution in [0, 0.1) is 0 Å². The van der Waals surface area contributed by atoms with Crippen molar-refractivity contribution in [1.29, 1.82) is 0 Å². The van der Waals surface area contributed by atoms with Crippen LogP contribution in [0.3, 0.4) is 0 Å². The molecule has 0 bridgehead atoms. The van der Waals surface area contributed by atoms with Crippen LogP contribution in [0.4, 0.5) is 4.79 Å².